The second-order valence-corrected chi connectivity index (χ2v) is 7.63. The number of carbonyl (C=O) groups excluding carboxylic acids is 1. The molecule has 1 aliphatic heterocycles. The molecule has 5 heteroatoms. The molecule has 0 saturated heterocycles. The van der Waals surface area contributed by atoms with E-state index in [4.69, 9.17) is 4.98 Å². The van der Waals surface area contributed by atoms with Crippen molar-refractivity contribution in [2.45, 2.75) is 33.1 Å². The molecule has 1 aliphatic rings. The number of anilines is 2. The molecule has 0 atom stereocenters. The highest BCUT2D eigenvalue weighted by molar-refractivity contribution is 5.97. The molecule has 0 unspecified atom stereocenters. The van der Waals surface area contributed by atoms with Crippen LogP contribution in [0.2, 0.25) is 0 Å². The number of likely N-dealkylation sites (N-methyl/N-ethyl adjacent to an activating group) is 1. The minimum Gasteiger partial charge on any atom is -0.356 e. The minimum absolute atomic E-state index is 0.850. The maximum atomic E-state index is 11.2. The van der Waals surface area contributed by atoms with E-state index in [2.05, 4.69) is 55.0 Å². The Morgan fingerprint density at radius 3 is 2.71 bits per heavy atom. The van der Waals surface area contributed by atoms with Gasteiger partial charge in [-0.1, -0.05) is 19.4 Å². The van der Waals surface area contributed by atoms with Gasteiger partial charge in [0.15, 0.2) is 0 Å². The fourth-order valence-corrected chi connectivity index (χ4v) is 3.68. The summed E-state index contributed by atoms with van der Waals surface area (Å²) in [7, 11) is 3.94. The molecule has 0 N–H and O–H groups in total. The highest BCUT2D eigenvalue weighted by atomic mass is 16.1. The SMILES string of the molecule is CCCCN(CC)c1nc(C2=CCN(C)CC2)cc2cc(N(C)C=O)ccc12. The zero-order valence-corrected chi connectivity index (χ0v) is 17.6. The molecule has 1 amide bonds. The highest BCUT2D eigenvalue weighted by Gasteiger charge is 2.17. The summed E-state index contributed by atoms with van der Waals surface area (Å²) in [5.41, 5.74) is 3.29. The normalized spacial score (nSPS) is 14.8. The van der Waals surface area contributed by atoms with Gasteiger partial charge in [0.1, 0.15) is 5.82 Å². The second kappa shape index (κ2) is 9.20. The number of amides is 1. The number of hydrogen-bond acceptors (Lipinski definition) is 4. The molecule has 0 bridgehead atoms. The van der Waals surface area contributed by atoms with Crippen LogP contribution in [0.5, 0.6) is 0 Å². The predicted octanol–water partition coefficient (Wildman–Crippen LogP) is 4.17. The Labute approximate surface area is 168 Å². The number of hydrogen-bond donors (Lipinski definition) is 0. The minimum atomic E-state index is 0.850. The quantitative estimate of drug-likeness (QED) is 0.644. The van der Waals surface area contributed by atoms with Crippen LogP contribution in [-0.4, -0.2) is 56.6 Å². The zero-order valence-electron chi connectivity index (χ0n) is 17.6. The Bertz CT molecular complexity index is 861. The number of pyridine rings is 1. The molecule has 0 saturated carbocycles. The van der Waals surface area contributed by atoms with Crippen molar-refractivity contribution in [3.8, 4) is 0 Å². The van der Waals surface area contributed by atoms with Crippen LogP contribution in [0.15, 0.2) is 30.3 Å². The Morgan fingerprint density at radius 1 is 1.25 bits per heavy atom. The number of aromatic nitrogens is 1. The van der Waals surface area contributed by atoms with E-state index in [1.165, 1.54) is 12.0 Å². The number of nitrogens with zero attached hydrogens (tertiary/aromatic N) is 4. The fraction of sp³-hybridized carbons (Fsp3) is 0.478. The zero-order chi connectivity index (χ0) is 20.1. The number of fused-ring (bicyclic) bond motifs is 1. The molecule has 150 valence electrons. The lowest BCUT2D eigenvalue weighted by atomic mass is 10.0. The molecule has 1 aromatic carbocycles. The first kappa shape index (κ1) is 20.3. The maximum absolute atomic E-state index is 11.2. The summed E-state index contributed by atoms with van der Waals surface area (Å²) >= 11 is 0. The van der Waals surface area contributed by atoms with Gasteiger partial charge >= 0.3 is 0 Å². The summed E-state index contributed by atoms with van der Waals surface area (Å²) in [6.07, 6.45) is 6.48. The topological polar surface area (TPSA) is 39.7 Å². The maximum Gasteiger partial charge on any atom is 0.213 e. The first-order valence-corrected chi connectivity index (χ1v) is 10.3. The first-order chi connectivity index (χ1) is 13.6. The molecular formula is C23H32N4O. The van der Waals surface area contributed by atoms with Gasteiger partial charge in [-0.2, -0.15) is 0 Å². The van der Waals surface area contributed by atoms with Crippen molar-refractivity contribution in [3.63, 3.8) is 0 Å². The van der Waals surface area contributed by atoms with Crippen molar-refractivity contribution in [2.24, 2.45) is 0 Å². The second-order valence-electron chi connectivity index (χ2n) is 7.63. The van der Waals surface area contributed by atoms with Crippen molar-refractivity contribution in [1.82, 2.24) is 9.88 Å². The van der Waals surface area contributed by atoms with Gasteiger partial charge in [-0.25, -0.2) is 4.98 Å². The van der Waals surface area contributed by atoms with E-state index < -0.39 is 0 Å². The lowest BCUT2D eigenvalue weighted by molar-refractivity contribution is -0.107. The molecule has 28 heavy (non-hydrogen) atoms. The van der Waals surface area contributed by atoms with E-state index in [0.717, 1.165) is 73.4 Å². The molecular weight excluding hydrogens is 348 g/mol. The lowest BCUT2D eigenvalue weighted by Crippen LogP contribution is -2.26. The van der Waals surface area contributed by atoms with Crippen LogP contribution in [0.4, 0.5) is 11.5 Å². The predicted molar refractivity (Wildman–Crippen MR) is 119 cm³/mol. The fourth-order valence-electron chi connectivity index (χ4n) is 3.68. The smallest absolute Gasteiger partial charge is 0.213 e. The molecule has 1 aromatic heterocycles. The van der Waals surface area contributed by atoms with Crippen molar-refractivity contribution in [2.75, 3.05) is 50.1 Å². The largest absolute Gasteiger partial charge is 0.356 e. The lowest BCUT2D eigenvalue weighted by Gasteiger charge is -2.26. The van der Waals surface area contributed by atoms with Crippen LogP contribution in [0.3, 0.4) is 0 Å². The van der Waals surface area contributed by atoms with Gasteiger partial charge in [0, 0.05) is 44.3 Å². The summed E-state index contributed by atoms with van der Waals surface area (Å²) in [6.45, 7) is 8.38. The average molecular weight is 381 g/mol. The van der Waals surface area contributed by atoms with Gasteiger partial charge in [0.05, 0.1) is 5.69 Å². The van der Waals surface area contributed by atoms with Gasteiger partial charge in [-0.05, 0) is 62.0 Å². The molecule has 0 aliphatic carbocycles. The number of carbonyl (C=O) groups is 1. The van der Waals surface area contributed by atoms with Crippen molar-refractivity contribution >= 4 is 34.3 Å². The molecule has 0 fully saturated rings. The van der Waals surface area contributed by atoms with Crippen LogP contribution in [0.25, 0.3) is 16.3 Å². The van der Waals surface area contributed by atoms with E-state index in [1.807, 2.05) is 6.07 Å². The van der Waals surface area contributed by atoms with Crippen LogP contribution in [0.1, 0.15) is 38.8 Å². The first-order valence-electron chi connectivity index (χ1n) is 10.3. The Morgan fingerprint density at radius 2 is 2.07 bits per heavy atom. The average Bonchev–Trinajstić information content (AvgIpc) is 2.73. The third-order valence-electron chi connectivity index (χ3n) is 5.56. The standard InChI is InChI=1S/C23H32N4O/c1-5-7-12-27(6-2)23-21-9-8-20(26(4)17-28)15-19(21)16-22(24-23)18-10-13-25(3)14-11-18/h8-10,15-17H,5-7,11-14H2,1-4H3. The summed E-state index contributed by atoms with van der Waals surface area (Å²) in [5.74, 6) is 1.06. The monoisotopic (exact) mass is 380 g/mol. The number of rotatable bonds is 8. The van der Waals surface area contributed by atoms with Gasteiger partial charge in [0.2, 0.25) is 6.41 Å². The number of unbranched alkanes of at least 4 members (excludes halogenated alkanes) is 1. The molecule has 0 spiro atoms. The van der Waals surface area contributed by atoms with E-state index >= 15 is 0 Å². The van der Waals surface area contributed by atoms with Gasteiger partial charge in [0.25, 0.3) is 0 Å². The van der Waals surface area contributed by atoms with Crippen molar-refractivity contribution in [3.05, 3.63) is 36.0 Å². The van der Waals surface area contributed by atoms with Crippen molar-refractivity contribution < 1.29 is 4.79 Å². The summed E-state index contributed by atoms with van der Waals surface area (Å²) < 4.78 is 0. The van der Waals surface area contributed by atoms with Gasteiger partial charge in [-0.15, -0.1) is 0 Å². The van der Waals surface area contributed by atoms with E-state index in [-0.39, 0.29) is 0 Å². The summed E-state index contributed by atoms with van der Waals surface area (Å²) in [4.78, 5) is 22.7. The molecule has 5 nitrogen and oxygen atoms in total. The van der Waals surface area contributed by atoms with E-state index in [0.29, 0.717) is 0 Å². The Balaban J connectivity index is 2.13. The molecule has 3 rings (SSSR count). The van der Waals surface area contributed by atoms with Gasteiger partial charge in [-0.3, -0.25) is 4.79 Å². The molecule has 0 radical (unpaired) electrons. The highest BCUT2D eigenvalue weighted by Crippen LogP contribution is 2.32. The third-order valence-corrected chi connectivity index (χ3v) is 5.56. The Kier molecular flexibility index (Phi) is 6.68. The van der Waals surface area contributed by atoms with Crippen molar-refractivity contribution in [1.29, 1.82) is 0 Å². The summed E-state index contributed by atoms with van der Waals surface area (Å²) in [6, 6.07) is 8.39. The van der Waals surface area contributed by atoms with Crippen LogP contribution in [0, 0.1) is 0 Å². The summed E-state index contributed by atoms with van der Waals surface area (Å²) in [5, 5.41) is 2.29. The van der Waals surface area contributed by atoms with E-state index in [1.54, 1.807) is 11.9 Å². The van der Waals surface area contributed by atoms with Crippen LogP contribution in [-0.2, 0) is 4.79 Å². The van der Waals surface area contributed by atoms with Crippen LogP contribution < -0.4 is 9.80 Å². The van der Waals surface area contributed by atoms with E-state index in [9.17, 15) is 4.79 Å². The molecule has 2 heterocycles. The Hall–Kier alpha value is -2.40. The third kappa shape index (κ3) is 4.36. The number of benzene rings is 1. The molecule has 2 aromatic rings. The van der Waals surface area contributed by atoms with Gasteiger partial charge < -0.3 is 14.7 Å². The van der Waals surface area contributed by atoms with Crippen LogP contribution >= 0.6 is 0 Å².